The average Bonchev–Trinajstić information content (AvgIpc) is 3.15. The van der Waals surface area contributed by atoms with Crippen molar-refractivity contribution < 1.29 is 27.2 Å². The molecular weight excluding hydrogens is 442 g/mol. The van der Waals surface area contributed by atoms with Gasteiger partial charge in [-0.3, -0.25) is 4.79 Å². The number of hydrogen-bond acceptors (Lipinski definition) is 6. The Morgan fingerprint density at radius 2 is 1.76 bits per heavy atom. The summed E-state index contributed by atoms with van der Waals surface area (Å²) in [6, 6.07) is 12.6. The second-order valence-corrected chi connectivity index (χ2v) is 9.98. The number of rotatable bonds is 6. The fraction of sp³-hybridized carbons (Fsp3) is 0.360. The third-order valence-corrected chi connectivity index (χ3v) is 7.74. The van der Waals surface area contributed by atoms with Crippen molar-refractivity contribution in [3.05, 3.63) is 59.9 Å². The molecule has 3 aromatic rings. The SMILES string of the molecule is CCOC(=O)c1c(C)oc2ccc(N(C(=O)C3CCCCC3)S(=O)(=O)c3ccccc3)cc12. The highest BCUT2D eigenvalue weighted by Gasteiger charge is 2.36. The van der Waals surface area contributed by atoms with E-state index in [0.29, 0.717) is 29.6 Å². The number of fused-ring (bicyclic) bond motifs is 1. The molecule has 1 heterocycles. The van der Waals surface area contributed by atoms with Crippen molar-refractivity contribution in [2.45, 2.75) is 50.8 Å². The van der Waals surface area contributed by atoms with Crippen LogP contribution in [0.5, 0.6) is 0 Å². The standard InChI is InChI=1S/C25H27NO6S/c1-3-31-25(28)23-17(2)32-22-15-14-19(16-21(22)23)26(24(27)18-10-6-4-7-11-18)33(29,30)20-12-8-5-9-13-20/h5,8-9,12-16,18H,3-4,6-7,10-11H2,1-2H3. The number of carbonyl (C=O) groups excluding carboxylic acids is 2. The minimum Gasteiger partial charge on any atom is -0.462 e. The lowest BCUT2D eigenvalue weighted by Gasteiger charge is -2.29. The van der Waals surface area contributed by atoms with Crippen LogP contribution in [0.3, 0.4) is 0 Å². The second-order valence-electron chi connectivity index (χ2n) is 8.19. The molecule has 0 radical (unpaired) electrons. The van der Waals surface area contributed by atoms with Crippen LogP contribution >= 0.6 is 0 Å². The zero-order valence-electron chi connectivity index (χ0n) is 18.7. The topological polar surface area (TPSA) is 93.9 Å². The van der Waals surface area contributed by atoms with Crippen molar-refractivity contribution in [2.75, 3.05) is 10.9 Å². The predicted octanol–water partition coefficient (Wildman–Crippen LogP) is 5.22. The van der Waals surface area contributed by atoms with Gasteiger partial charge in [0.2, 0.25) is 5.91 Å². The largest absolute Gasteiger partial charge is 0.462 e. The maximum atomic E-state index is 13.7. The van der Waals surface area contributed by atoms with Crippen molar-refractivity contribution in [2.24, 2.45) is 5.92 Å². The third-order valence-electron chi connectivity index (χ3n) is 6.00. The van der Waals surface area contributed by atoms with Gasteiger partial charge in [0.25, 0.3) is 10.0 Å². The Hall–Kier alpha value is -3.13. The van der Waals surface area contributed by atoms with Crippen LogP contribution in [0.15, 0.2) is 57.8 Å². The first kappa shape index (κ1) is 23.0. The van der Waals surface area contributed by atoms with E-state index in [1.165, 1.54) is 18.2 Å². The van der Waals surface area contributed by atoms with E-state index in [2.05, 4.69) is 0 Å². The molecule has 0 atom stereocenters. The molecule has 4 rings (SSSR count). The van der Waals surface area contributed by atoms with Crippen LogP contribution < -0.4 is 4.31 Å². The second kappa shape index (κ2) is 9.39. The van der Waals surface area contributed by atoms with E-state index >= 15 is 0 Å². The van der Waals surface area contributed by atoms with Gasteiger partial charge in [-0.25, -0.2) is 17.5 Å². The highest BCUT2D eigenvalue weighted by Crippen LogP contribution is 2.35. The Bertz CT molecular complexity index is 1270. The van der Waals surface area contributed by atoms with Crippen molar-refractivity contribution in [3.8, 4) is 0 Å². The number of amides is 1. The van der Waals surface area contributed by atoms with Crippen LogP contribution in [0.2, 0.25) is 0 Å². The summed E-state index contributed by atoms with van der Waals surface area (Å²) in [4.78, 5) is 26.2. The van der Waals surface area contributed by atoms with Gasteiger partial charge in [-0.15, -0.1) is 0 Å². The van der Waals surface area contributed by atoms with Gasteiger partial charge in [0.05, 0.1) is 17.2 Å². The summed E-state index contributed by atoms with van der Waals surface area (Å²) in [7, 11) is -4.17. The molecule has 1 aliphatic carbocycles. The molecule has 1 aromatic heterocycles. The predicted molar refractivity (Wildman–Crippen MR) is 125 cm³/mol. The van der Waals surface area contributed by atoms with Gasteiger partial charge in [0.1, 0.15) is 16.9 Å². The molecule has 0 unspecified atom stereocenters. The van der Waals surface area contributed by atoms with E-state index in [-0.39, 0.29) is 28.7 Å². The number of nitrogens with zero attached hydrogens (tertiary/aromatic N) is 1. The van der Waals surface area contributed by atoms with E-state index in [0.717, 1.165) is 23.6 Å². The van der Waals surface area contributed by atoms with Gasteiger partial charge in [-0.2, -0.15) is 0 Å². The van der Waals surface area contributed by atoms with E-state index in [1.807, 2.05) is 0 Å². The summed E-state index contributed by atoms with van der Waals surface area (Å²) < 4.78 is 39.1. The molecule has 1 saturated carbocycles. The van der Waals surface area contributed by atoms with Gasteiger partial charge < -0.3 is 9.15 Å². The summed E-state index contributed by atoms with van der Waals surface area (Å²) in [5.41, 5.74) is 0.825. The van der Waals surface area contributed by atoms with Crippen LogP contribution in [-0.4, -0.2) is 26.9 Å². The lowest BCUT2D eigenvalue weighted by atomic mass is 9.88. The number of benzene rings is 2. The summed E-state index contributed by atoms with van der Waals surface area (Å²) in [5, 5.41) is 0.410. The summed E-state index contributed by atoms with van der Waals surface area (Å²) in [6.45, 7) is 3.55. The summed E-state index contributed by atoms with van der Waals surface area (Å²) in [6.07, 6.45) is 4.13. The number of sulfonamides is 1. The molecule has 1 aliphatic rings. The number of carbonyl (C=O) groups is 2. The minimum absolute atomic E-state index is 0.0308. The molecule has 7 nitrogen and oxygen atoms in total. The number of anilines is 1. The normalized spacial score (nSPS) is 14.8. The van der Waals surface area contributed by atoms with E-state index < -0.39 is 21.9 Å². The lowest BCUT2D eigenvalue weighted by molar-refractivity contribution is -0.122. The molecule has 33 heavy (non-hydrogen) atoms. The Kier molecular flexibility index (Phi) is 6.56. The number of ether oxygens (including phenoxy) is 1. The molecule has 0 saturated heterocycles. The minimum atomic E-state index is -4.17. The molecule has 0 spiro atoms. The molecule has 1 amide bonds. The zero-order chi connectivity index (χ0) is 23.6. The molecule has 8 heteroatoms. The molecule has 0 bridgehead atoms. The first-order valence-corrected chi connectivity index (χ1v) is 12.6. The number of aryl methyl sites for hydroxylation is 1. The van der Waals surface area contributed by atoms with Gasteiger partial charge in [0, 0.05) is 11.3 Å². The first-order chi connectivity index (χ1) is 15.8. The Morgan fingerprint density at radius 3 is 2.42 bits per heavy atom. The Labute approximate surface area is 193 Å². The van der Waals surface area contributed by atoms with Crippen LogP contribution in [0, 0.1) is 12.8 Å². The van der Waals surface area contributed by atoms with Gasteiger partial charge in [-0.1, -0.05) is 37.5 Å². The molecule has 0 aliphatic heterocycles. The fourth-order valence-corrected chi connectivity index (χ4v) is 5.88. The van der Waals surface area contributed by atoms with Crippen molar-refractivity contribution in [3.63, 3.8) is 0 Å². The molecular formula is C25H27NO6S. The number of esters is 1. The Balaban J connectivity index is 1.87. The van der Waals surface area contributed by atoms with Crippen molar-refractivity contribution >= 4 is 38.6 Å². The number of hydrogen-bond donors (Lipinski definition) is 0. The van der Waals surface area contributed by atoms with E-state index in [9.17, 15) is 18.0 Å². The van der Waals surface area contributed by atoms with Gasteiger partial charge in [-0.05, 0) is 57.0 Å². The Morgan fingerprint density at radius 1 is 1.06 bits per heavy atom. The fourth-order valence-electron chi connectivity index (χ4n) is 4.39. The molecule has 2 aromatic carbocycles. The molecule has 0 N–H and O–H groups in total. The van der Waals surface area contributed by atoms with Crippen LogP contribution in [0.25, 0.3) is 11.0 Å². The third kappa shape index (κ3) is 4.39. The van der Waals surface area contributed by atoms with Gasteiger partial charge >= 0.3 is 5.97 Å². The van der Waals surface area contributed by atoms with Gasteiger partial charge in [0.15, 0.2) is 0 Å². The van der Waals surface area contributed by atoms with Crippen LogP contribution in [0.1, 0.15) is 55.1 Å². The number of furan rings is 1. The lowest BCUT2D eigenvalue weighted by Crippen LogP contribution is -2.41. The zero-order valence-corrected chi connectivity index (χ0v) is 19.6. The highest BCUT2D eigenvalue weighted by molar-refractivity contribution is 7.93. The maximum absolute atomic E-state index is 13.7. The van der Waals surface area contributed by atoms with Crippen molar-refractivity contribution in [1.82, 2.24) is 0 Å². The monoisotopic (exact) mass is 469 g/mol. The van der Waals surface area contributed by atoms with E-state index in [1.54, 1.807) is 44.2 Å². The molecule has 1 fully saturated rings. The quantitative estimate of drug-likeness (QED) is 0.460. The highest BCUT2D eigenvalue weighted by atomic mass is 32.2. The smallest absolute Gasteiger partial charge is 0.342 e. The first-order valence-electron chi connectivity index (χ1n) is 11.2. The van der Waals surface area contributed by atoms with E-state index in [4.69, 9.17) is 9.15 Å². The van der Waals surface area contributed by atoms with Crippen molar-refractivity contribution in [1.29, 1.82) is 0 Å². The maximum Gasteiger partial charge on any atom is 0.342 e. The summed E-state index contributed by atoms with van der Waals surface area (Å²) >= 11 is 0. The molecule has 174 valence electrons. The van der Waals surface area contributed by atoms with Crippen LogP contribution in [-0.2, 0) is 19.6 Å². The average molecular weight is 470 g/mol. The van der Waals surface area contributed by atoms with Crippen LogP contribution in [0.4, 0.5) is 5.69 Å². The summed E-state index contributed by atoms with van der Waals surface area (Å²) in [5.74, 6) is -1.00.